The van der Waals surface area contributed by atoms with E-state index in [1.807, 2.05) is 84.9 Å². The molecule has 0 atom stereocenters. The van der Waals surface area contributed by atoms with Crippen molar-refractivity contribution in [1.82, 2.24) is 39.9 Å². The molecule has 0 amide bonds. The molecule has 0 aliphatic carbocycles. The number of pyridine rings is 4. The first-order chi connectivity index (χ1) is 55.5. The van der Waals surface area contributed by atoms with Crippen molar-refractivity contribution < 1.29 is 0 Å². The zero-order chi connectivity index (χ0) is 74.5. The average molecular weight is 1430 g/mol. The van der Waals surface area contributed by atoms with E-state index in [0.717, 1.165) is 189 Å². The fourth-order valence-electron chi connectivity index (χ4n) is 14.8. The van der Waals surface area contributed by atoms with Crippen LogP contribution in [0.1, 0.15) is 0 Å². The van der Waals surface area contributed by atoms with Crippen LogP contribution in [0.25, 0.3) is 201 Å². The Kier molecular flexibility index (Phi) is 18.2. The highest BCUT2D eigenvalue weighted by Crippen LogP contribution is 2.40. The van der Waals surface area contributed by atoms with E-state index in [1.54, 1.807) is 0 Å². The summed E-state index contributed by atoms with van der Waals surface area (Å²) < 4.78 is 0. The van der Waals surface area contributed by atoms with Gasteiger partial charge in [-0.2, -0.15) is 0 Å². The molecule has 0 aliphatic rings. The highest BCUT2D eigenvalue weighted by molar-refractivity contribution is 6.11. The van der Waals surface area contributed by atoms with E-state index in [-0.39, 0.29) is 0 Å². The van der Waals surface area contributed by atoms with Crippen molar-refractivity contribution in [3.05, 3.63) is 413 Å². The summed E-state index contributed by atoms with van der Waals surface area (Å²) in [6.45, 7) is 0. The van der Waals surface area contributed by atoms with Crippen molar-refractivity contribution in [2.75, 3.05) is 0 Å². The second kappa shape index (κ2) is 30.3. The molecule has 524 valence electrons. The van der Waals surface area contributed by atoms with Crippen LogP contribution in [0.15, 0.2) is 413 Å². The SMILES string of the molecule is c1ccc(-c2cc(-c3ccc(-c4ccc(-c5ccc6ccc7c(-c8ccccc8)cc(-c8ccccc8)nc7c6n5)cc4)cc3)nc(-c3ccccc3)n2)cc1.c1ccc(-c2cc(-c3ccccc3)nc(-c3ccc(-c4ccc(-c5ccc6ccc7c(-c8ccccc8)cc(-c8ccccc8)nc7c6n5)cc4)cc3)n2)cc1. The third-order valence-electron chi connectivity index (χ3n) is 20.6. The molecule has 6 heterocycles. The van der Waals surface area contributed by atoms with E-state index in [1.165, 1.54) is 0 Å². The normalized spacial score (nSPS) is 11.2. The Morgan fingerprint density at radius 3 is 0.625 bits per heavy atom. The molecule has 20 rings (SSSR count). The van der Waals surface area contributed by atoms with Gasteiger partial charge in [0.2, 0.25) is 0 Å². The van der Waals surface area contributed by atoms with Gasteiger partial charge in [-0.3, -0.25) is 0 Å². The van der Waals surface area contributed by atoms with Crippen LogP contribution in [-0.2, 0) is 0 Å². The van der Waals surface area contributed by atoms with E-state index in [4.69, 9.17) is 39.9 Å². The maximum absolute atomic E-state index is 5.27. The predicted molar refractivity (Wildman–Crippen MR) is 461 cm³/mol. The van der Waals surface area contributed by atoms with E-state index >= 15 is 0 Å². The monoisotopic (exact) mass is 1430 g/mol. The second-order valence-electron chi connectivity index (χ2n) is 27.7. The van der Waals surface area contributed by atoms with Crippen LogP contribution in [0.5, 0.6) is 0 Å². The summed E-state index contributed by atoms with van der Waals surface area (Å²) in [5.74, 6) is 1.41. The minimum atomic E-state index is 0.697. The fraction of sp³-hybridized carbons (Fsp3) is 0. The van der Waals surface area contributed by atoms with Gasteiger partial charge in [0.15, 0.2) is 11.6 Å². The number of rotatable bonds is 14. The maximum atomic E-state index is 5.27. The molecule has 0 N–H and O–H groups in total. The molecule has 0 saturated heterocycles. The lowest BCUT2D eigenvalue weighted by molar-refractivity contribution is 1.18. The summed E-state index contributed by atoms with van der Waals surface area (Å²) in [5.41, 5.74) is 30.4. The first-order valence-electron chi connectivity index (χ1n) is 37.6. The summed E-state index contributed by atoms with van der Waals surface area (Å²) >= 11 is 0. The van der Waals surface area contributed by atoms with Gasteiger partial charge in [0.1, 0.15) is 0 Å². The third-order valence-corrected chi connectivity index (χ3v) is 20.6. The first-order valence-corrected chi connectivity index (χ1v) is 37.6. The number of benzene rings is 14. The van der Waals surface area contributed by atoms with E-state index in [9.17, 15) is 0 Å². The quantitative estimate of drug-likeness (QED) is 0.0992. The predicted octanol–water partition coefficient (Wildman–Crippen LogP) is 26.5. The summed E-state index contributed by atoms with van der Waals surface area (Å²) in [4.78, 5) is 41.0. The fourth-order valence-corrected chi connectivity index (χ4v) is 14.8. The van der Waals surface area contributed by atoms with Gasteiger partial charge >= 0.3 is 0 Å². The van der Waals surface area contributed by atoms with Crippen molar-refractivity contribution >= 4 is 43.6 Å². The smallest absolute Gasteiger partial charge is 0.160 e. The maximum Gasteiger partial charge on any atom is 0.160 e. The van der Waals surface area contributed by atoms with Crippen LogP contribution in [-0.4, -0.2) is 39.9 Å². The van der Waals surface area contributed by atoms with Gasteiger partial charge in [-0.1, -0.05) is 376 Å². The topological polar surface area (TPSA) is 103 Å². The summed E-state index contributed by atoms with van der Waals surface area (Å²) in [6.07, 6.45) is 0. The number of nitrogens with zero attached hydrogens (tertiary/aromatic N) is 8. The molecule has 0 radical (unpaired) electrons. The largest absolute Gasteiger partial charge is 0.245 e. The average Bonchev–Trinajstić information content (AvgIpc) is 0.754. The van der Waals surface area contributed by atoms with Gasteiger partial charge in [-0.25, -0.2) is 39.9 Å². The van der Waals surface area contributed by atoms with Crippen LogP contribution < -0.4 is 0 Å². The van der Waals surface area contributed by atoms with Crippen LogP contribution in [0.4, 0.5) is 0 Å². The lowest BCUT2D eigenvalue weighted by Gasteiger charge is -2.13. The highest BCUT2D eigenvalue weighted by Gasteiger charge is 2.19. The molecule has 14 aromatic carbocycles. The zero-order valence-corrected chi connectivity index (χ0v) is 60.8. The minimum absolute atomic E-state index is 0.697. The van der Waals surface area contributed by atoms with Crippen LogP contribution in [0.3, 0.4) is 0 Å². The van der Waals surface area contributed by atoms with Crippen molar-refractivity contribution in [2.45, 2.75) is 0 Å². The Balaban J connectivity index is 0.000000151. The van der Waals surface area contributed by atoms with Crippen molar-refractivity contribution in [2.24, 2.45) is 0 Å². The van der Waals surface area contributed by atoms with Crippen LogP contribution in [0, 0.1) is 0 Å². The van der Waals surface area contributed by atoms with Crippen molar-refractivity contribution in [3.8, 4) is 157 Å². The van der Waals surface area contributed by atoms with Gasteiger partial charge in [-0.15, -0.1) is 0 Å². The van der Waals surface area contributed by atoms with E-state index in [0.29, 0.717) is 11.6 Å². The molecule has 0 saturated carbocycles. The zero-order valence-electron chi connectivity index (χ0n) is 60.8. The Morgan fingerprint density at radius 1 is 0.125 bits per heavy atom. The Hall–Kier alpha value is -15.1. The molecule has 0 spiro atoms. The molecular formula is C104H68N8. The molecule has 20 aromatic rings. The molecule has 0 bridgehead atoms. The summed E-state index contributed by atoms with van der Waals surface area (Å²) in [6, 6.07) is 143. The molecule has 6 aromatic heterocycles. The molecule has 8 nitrogen and oxygen atoms in total. The Morgan fingerprint density at radius 2 is 0.330 bits per heavy atom. The lowest BCUT2D eigenvalue weighted by atomic mass is 9.96. The van der Waals surface area contributed by atoms with Gasteiger partial charge in [0.25, 0.3) is 0 Å². The molecule has 0 unspecified atom stereocenters. The highest BCUT2D eigenvalue weighted by atomic mass is 14.9. The van der Waals surface area contributed by atoms with Gasteiger partial charge in [0.05, 0.1) is 67.6 Å². The van der Waals surface area contributed by atoms with Crippen molar-refractivity contribution in [1.29, 1.82) is 0 Å². The Bertz CT molecular complexity index is 6230. The van der Waals surface area contributed by atoms with Gasteiger partial charge in [-0.05, 0) is 80.9 Å². The van der Waals surface area contributed by atoms with E-state index < -0.39 is 0 Å². The van der Waals surface area contributed by atoms with E-state index in [2.05, 4.69) is 328 Å². The standard InChI is InChI=1S/2C52H34N4/c1-5-13-37(14-6-1)45-33-47(38-15-7-2-8-16-38)54-51-44(45)31-29-42-30-32-46(53-50(42)51)40-25-21-35(22-26-40)36-23-27-41(28-24-36)49-34-48(39-17-9-3-10-18-39)55-52(56-49)43-19-11-4-12-20-43;1-5-13-37(14-6-1)45-33-47(38-15-7-2-8-16-38)54-51-44(45)31-29-42-30-32-46(53-50(42)51)41-25-21-35(22-26-41)36-23-27-43(28-24-36)52-55-48(39-17-9-3-10-18-39)34-49(56-52)40-19-11-4-12-20-40/h2*1-34H. The lowest BCUT2D eigenvalue weighted by Crippen LogP contribution is -1.96. The molecule has 0 fully saturated rings. The number of hydrogen-bond donors (Lipinski definition) is 0. The second-order valence-corrected chi connectivity index (χ2v) is 27.7. The van der Waals surface area contributed by atoms with Gasteiger partial charge in [0, 0.05) is 77.2 Å². The van der Waals surface area contributed by atoms with Crippen LogP contribution >= 0.6 is 0 Å². The van der Waals surface area contributed by atoms with Crippen LogP contribution in [0.2, 0.25) is 0 Å². The first kappa shape index (κ1) is 67.5. The van der Waals surface area contributed by atoms with Gasteiger partial charge < -0.3 is 0 Å². The number of hydrogen-bond acceptors (Lipinski definition) is 8. The Labute approximate surface area is 649 Å². The summed E-state index contributed by atoms with van der Waals surface area (Å²) in [5, 5.41) is 4.29. The van der Waals surface area contributed by atoms with Crippen molar-refractivity contribution in [3.63, 3.8) is 0 Å². The number of aromatic nitrogens is 8. The molecular weight excluding hydrogens is 1360 g/mol. The molecule has 112 heavy (non-hydrogen) atoms. The number of fused-ring (bicyclic) bond motifs is 6. The third kappa shape index (κ3) is 13.9. The molecule has 8 heteroatoms. The molecule has 0 aliphatic heterocycles. The summed E-state index contributed by atoms with van der Waals surface area (Å²) in [7, 11) is 0. The minimum Gasteiger partial charge on any atom is -0.245 e.